The van der Waals surface area contributed by atoms with Crippen molar-refractivity contribution in [2.45, 2.75) is 38.9 Å². The maximum absolute atomic E-state index is 12.4. The van der Waals surface area contributed by atoms with Gasteiger partial charge in [-0.1, -0.05) is 11.2 Å². The summed E-state index contributed by atoms with van der Waals surface area (Å²) in [6, 6.07) is 4.96. The van der Waals surface area contributed by atoms with Crippen LogP contribution >= 0.6 is 0 Å². The Kier molecular flexibility index (Phi) is 4.78. The predicted molar refractivity (Wildman–Crippen MR) is 97.3 cm³/mol. The molecule has 1 fully saturated rings. The largest absolute Gasteiger partial charge is 0.361 e. The van der Waals surface area contributed by atoms with E-state index in [4.69, 9.17) is 4.52 Å². The second-order valence-corrected chi connectivity index (χ2v) is 6.87. The van der Waals surface area contributed by atoms with Crippen molar-refractivity contribution in [2.24, 2.45) is 0 Å². The van der Waals surface area contributed by atoms with E-state index in [0.29, 0.717) is 47.6 Å². The molecule has 2 atom stereocenters. The number of hydrogen-bond donors (Lipinski definition) is 3. The van der Waals surface area contributed by atoms with Gasteiger partial charge in [-0.25, -0.2) is 4.63 Å². The second kappa shape index (κ2) is 7.39. The lowest BCUT2D eigenvalue weighted by Crippen LogP contribution is -2.40. The Morgan fingerprint density at radius 3 is 2.82 bits per heavy atom. The van der Waals surface area contributed by atoms with Gasteiger partial charge in [0, 0.05) is 19.1 Å². The van der Waals surface area contributed by atoms with E-state index < -0.39 is 0 Å². The smallest absolute Gasteiger partial charge is 0.257 e. The third kappa shape index (κ3) is 3.58. The molecule has 10 nitrogen and oxygen atoms in total. The van der Waals surface area contributed by atoms with Crippen molar-refractivity contribution in [3.8, 4) is 0 Å². The van der Waals surface area contributed by atoms with Crippen LogP contribution < -0.4 is 16.0 Å². The van der Waals surface area contributed by atoms with Crippen LogP contribution in [0.15, 0.2) is 27.4 Å². The van der Waals surface area contributed by atoms with Crippen molar-refractivity contribution >= 4 is 22.8 Å². The lowest BCUT2D eigenvalue weighted by molar-refractivity contribution is -0.123. The number of amides is 2. The first-order valence-electron chi connectivity index (χ1n) is 8.97. The van der Waals surface area contributed by atoms with Gasteiger partial charge < -0.3 is 20.5 Å². The minimum Gasteiger partial charge on any atom is -0.361 e. The van der Waals surface area contributed by atoms with Gasteiger partial charge >= 0.3 is 0 Å². The molecule has 0 spiro atoms. The molecule has 3 N–H and O–H groups in total. The SMILES string of the molecule is Cc1noc(C)c1C(=O)N[C@H]1CN[C@H](C(=O)NCc2ccc3nonc3c2)C1. The number of aryl methyl sites for hydroxylation is 2. The molecule has 1 aliphatic heterocycles. The maximum Gasteiger partial charge on any atom is 0.257 e. The number of carbonyl (C=O) groups excluding carboxylic acids is 2. The van der Waals surface area contributed by atoms with Crippen molar-refractivity contribution in [3.63, 3.8) is 0 Å². The molecule has 1 saturated heterocycles. The number of nitrogens with one attached hydrogen (secondary N) is 3. The molecular formula is C18H20N6O4. The van der Waals surface area contributed by atoms with Crippen LogP contribution in [0.25, 0.3) is 11.0 Å². The molecule has 0 radical (unpaired) electrons. The summed E-state index contributed by atoms with van der Waals surface area (Å²) in [5, 5.41) is 20.3. The van der Waals surface area contributed by atoms with Gasteiger partial charge in [0.15, 0.2) is 0 Å². The molecule has 2 amide bonds. The van der Waals surface area contributed by atoms with Gasteiger partial charge in [-0.3, -0.25) is 9.59 Å². The van der Waals surface area contributed by atoms with E-state index in [2.05, 4.69) is 36.0 Å². The summed E-state index contributed by atoms with van der Waals surface area (Å²) < 4.78 is 9.70. The summed E-state index contributed by atoms with van der Waals surface area (Å²) in [7, 11) is 0. The molecule has 0 bridgehead atoms. The lowest BCUT2D eigenvalue weighted by Gasteiger charge is -2.13. The van der Waals surface area contributed by atoms with Gasteiger partial charge in [0.25, 0.3) is 5.91 Å². The average molecular weight is 384 g/mol. The molecule has 2 aromatic heterocycles. The van der Waals surface area contributed by atoms with E-state index in [-0.39, 0.29) is 23.9 Å². The Hall–Kier alpha value is -3.27. The molecule has 4 rings (SSSR count). The van der Waals surface area contributed by atoms with Crippen LogP contribution in [0.2, 0.25) is 0 Å². The van der Waals surface area contributed by atoms with Gasteiger partial charge in [-0.15, -0.1) is 0 Å². The van der Waals surface area contributed by atoms with Crippen LogP contribution in [-0.4, -0.2) is 45.9 Å². The fourth-order valence-electron chi connectivity index (χ4n) is 3.36. The highest BCUT2D eigenvalue weighted by atomic mass is 16.6. The number of nitrogens with zero attached hydrogens (tertiary/aromatic N) is 3. The first-order chi connectivity index (χ1) is 13.5. The summed E-state index contributed by atoms with van der Waals surface area (Å²) in [4.78, 5) is 24.9. The van der Waals surface area contributed by atoms with E-state index in [9.17, 15) is 9.59 Å². The topological polar surface area (TPSA) is 135 Å². The first-order valence-corrected chi connectivity index (χ1v) is 8.97. The van der Waals surface area contributed by atoms with Crippen molar-refractivity contribution in [1.29, 1.82) is 0 Å². The molecule has 0 aliphatic carbocycles. The normalized spacial score (nSPS) is 19.1. The quantitative estimate of drug-likeness (QED) is 0.582. The van der Waals surface area contributed by atoms with Crippen LogP contribution in [0.3, 0.4) is 0 Å². The minimum atomic E-state index is -0.368. The van der Waals surface area contributed by atoms with Gasteiger partial charge in [0.2, 0.25) is 5.91 Å². The van der Waals surface area contributed by atoms with E-state index in [0.717, 1.165) is 5.56 Å². The number of aromatic nitrogens is 3. The molecule has 0 unspecified atom stereocenters. The summed E-state index contributed by atoms with van der Waals surface area (Å²) >= 11 is 0. The molecule has 28 heavy (non-hydrogen) atoms. The van der Waals surface area contributed by atoms with Gasteiger partial charge in [0.1, 0.15) is 22.4 Å². The number of fused-ring (bicyclic) bond motifs is 1. The summed E-state index contributed by atoms with van der Waals surface area (Å²) in [6.07, 6.45) is 0.507. The number of benzene rings is 1. The zero-order valence-corrected chi connectivity index (χ0v) is 15.5. The average Bonchev–Trinajstić information content (AvgIpc) is 3.39. The lowest BCUT2D eigenvalue weighted by atomic mass is 10.1. The van der Waals surface area contributed by atoms with E-state index in [1.54, 1.807) is 19.9 Å². The number of hydrogen-bond acceptors (Lipinski definition) is 8. The highest BCUT2D eigenvalue weighted by molar-refractivity contribution is 5.96. The summed E-state index contributed by atoms with van der Waals surface area (Å²) in [5.41, 5.74) is 3.22. The fourth-order valence-corrected chi connectivity index (χ4v) is 3.36. The highest BCUT2D eigenvalue weighted by Crippen LogP contribution is 2.15. The van der Waals surface area contributed by atoms with Gasteiger partial charge in [-0.2, -0.15) is 0 Å². The third-order valence-corrected chi connectivity index (χ3v) is 4.83. The predicted octanol–water partition coefficient (Wildman–Crippen LogP) is 0.604. The maximum atomic E-state index is 12.4. The zero-order chi connectivity index (χ0) is 19.7. The van der Waals surface area contributed by atoms with E-state index in [1.807, 2.05) is 12.1 Å². The molecule has 1 aliphatic rings. The van der Waals surface area contributed by atoms with Crippen molar-refractivity contribution in [3.05, 3.63) is 40.8 Å². The fraction of sp³-hybridized carbons (Fsp3) is 0.389. The van der Waals surface area contributed by atoms with E-state index >= 15 is 0 Å². The monoisotopic (exact) mass is 384 g/mol. The molecule has 0 saturated carbocycles. The van der Waals surface area contributed by atoms with Crippen molar-refractivity contribution < 1.29 is 18.7 Å². The Bertz CT molecular complexity index is 1010. The Balaban J connectivity index is 1.29. The first kappa shape index (κ1) is 18.1. The van der Waals surface area contributed by atoms with E-state index in [1.165, 1.54) is 0 Å². The van der Waals surface area contributed by atoms with Crippen LogP contribution in [0.1, 0.15) is 33.8 Å². The van der Waals surface area contributed by atoms with Gasteiger partial charge in [0.05, 0.1) is 11.7 Å². The Morgan fingerprint density at radius 2 is 2.04 bits per heavy atom. The highest BCUT2D eigenvalue weighted by Gasteiger charge is 2.31. The number of carbonyl (C=O) groups is 2. The second-order valence-electron chi connectivity index (χ2n) is 6.87. The van der Waals surface area contributed by atoms with Crippen LogP contribution in [0, 0.1) is 13.8 Å². The minimum absolute atomic E-state index is 0.118. The van der Waals surface area contributed by atoms with Crippen LogP contribution in [0.5, 0.6) is 0 Å². The third-order valence-electron chi connectivity index (χ3n) is 4.83. The van der Waals surface area contributed by atoms with Crippen LogP contribution in [0.4, 0.5) is 0 Å². The molecule has 3 aromatic rings. The molecular weight excluding hydrogens is 364 g/mol. The standard InChI is InChI=1S/C18H20N6O4/c1-9-16(10(2)27-22-9)18(26)21-12-6-15(19-8-12)17(25)20-7-11-3-4-13-14(5-11)24-28-23-13/h3-5,12,15,19H,6-8H2,1-2H3,(H,20,25)(H,21,26)/t12-,15+/m1/s1. The molecule has 10 heteroatoms. The zero-order valence-electron chi connectivity index (χ0n) is 15.5. The summed E-state index contributed by atoms with van der Waals surface area (Å²) in [6.45, 7) is 4.31. The van der Waals surface area contributed by atoms with Crippen molar-refractivity contribution in [2.75, 3.05) is 6.54 Å². The van der Waals surface area contributed by atoms with Crippen LogP contribution in [-0.2, 0) is 11.3 Å². The summed E-state index contributed by atoms with van der Waals surface area (Å²) in [5.74, 6) is 0.126. The molecule has 1 aromatic carbocycles. The Labute approximate surface area is 160 Å². The molecule has 3 heterocycles. The Morgan fingerprint density at radius 1 is 1.21 bits per heavy atom. The number of rotatable bonds is 5. The molecule has 146 valence electrons. The van der Waals surface area contributed by atoms with Gasteiger partial charge in [-0.05, 0) is 48.3 Å². The van der Waals surface area contributed by atoms with Crippen molar-refractivity contribution in [1.82, 2.24) is 31.4 Å².